The van der Waals surface area contributed by atoms with Gasteiger partial charge in [0.05, 0.1) is 31.0 Å². The summed E-state index contributed by atoms with van der Waals surface area (Å²) < 4.78 is 49.2. The predicted molar refractivity (Wildman–Crippen MR) is 102 cm³/mol. The first-order chi connectivity index (χ1) is 14.8. The van der Waals surface area contributed by atoms with E-state index in [1.54, 1.807) is 12.1 Å². The monoisotopic (exact) mass is 442 g/mol. The number of ether oxygens (including phenoxy) is 3. The molecule has 0 amide bonds. The third-order valence-corrected chi connectivity index (χ3v) is 5.84. The number of hydrogen-bond donors (Lipinski definition) is 1. The minimum atomic E-state index is -5.08. The zero-order valence-corrected chi connectivity index (χ0v) is 16.9. The topological polar surface area (TPSA) is 92.0 Å². The van der Waals surface area contributed by atoms with Crippen molar-refractivity contribution >= 4 is 5.97 Å². The van der Waals surface area contributed by atoms with Gasteiger partial charge in [0.15, 0.2) is 0 Å². The highest BCUT2D eigenvalue weighted by Gasteiger charge is 2.45. The lowest BCUT2D eigenvalue weighted by Crippen LogP contribution is -2.39. The molecule has 3 fully saturated rings. The largest absolute Gasteiger partial charge is 0.493 e. The van der Waals surface area contributed by atoms with Crippen LogP contribution in [0.3, 0.4) is 0 Å². The Morgan fingerprint density at radius 1 is 1.29 bits per heavy atom. The molecule has 4 rings (SSSR count). The average molecular weight is 442 g/mol. The summed E-state index contributed by atoms with van der Waals surface area (Å²) in [5.41, 5.74) is 0.639. The van der Waals surface area contributed by atoms with Gasteiger partial charge >= 0.3 is 12.1 Å². The number of carboxylic acids is 1. The molecule has 3 aliphatic rings. The van der Waals surface area contributed by atoms with Gasteiger partial charge in [0.1, 0.15) is 5.75 Å². The summed E-state index contributed by atoms with van der Waals surface area (Å²) in [4.78, 5) is 11.5. The van der Waals surface area contributed by atoms with E-state index in [1.165, 1.54) is 0 Å². The fraction of sp³-hybridized carbons (Fsp3) is 0.619. The van der Waals surface area contributed by atoms with Crippen LogP contribution >= 0.6 is 0 Å². The number of aliphatic carboxylic acids is 1. The molecule has 3 atom stereocenters. The van der Waals surface area contributed by atoms with Crippen molar-refractivity contribution in [2.45, 2.75) is 31.2 Å². The third kappa shape index (κ3) is 6.32. The Kier molecular flexibility index (Phi) is 7.75. The second kappa shape index (κ2) is 10.3. The first-order valence-corrected chi connectivity index (χ1v) is 10.1. The van der Waals surface area contributed by atoms with Gasteiger partial charge in [0, 0.05) is 44.2 Å². The molecule has 0 aromatic heterocycles. The number of carboxylic acid groups (broad SMARTS) is 1. The second-order valence-electron chi connectivity index (χ2n) is 7.85. The van der Waals surface area contributed by atoms with Gasteiger partial charge in [-0.05, 0) is 31.0 Å². The van der Waals surface area contributed by atoms with E-state index in [4.69, 9.17) is 29.4 Å². The Morgan fingerprint density at radius 3 is 2.65 bits per heavy atom. The van der Waals surface area contributed by atoms with Crippen LogP contribution in [0.25, 0.3) is 0 Å². The molecule has 1 aromatic carbocycles. The number of nitriles is 1. The number of fused-ring (bicyclic) bond motifs is 1. The van der Waals surface area contributed by atoms with Gasteiger partial charge in [0.25, 0.3) is 0 Å². The molecule has 170 valence electrons. The van der Waals surface area contributed by atoms with E-state index in [0.29, 0.717) is 36.2 Å². The van der Waals surface area contributed by atoms with Crippen molar-refractivity contribution in [3.05, 3.63) is 29.8 Å². The highest BCUT2D eigenvalue weighted by Crippen LogP contribution is 2.36. The van der Waals surface area contributed by atoms with E-state index in [1.807, 2.05) is 12.1 Å². The predicted octanol–water partition coefficient (Wildman–Crippen LogP) is 2.70. The lowest BCUT2D eigenvalue weighted by Gasteiger charge is -2.31. The molecule has 0 unspecified atom stereocenters. The van der Waals surface area contributed by atoms with E-state index in [9.17, 15) is 13.2 Å². The fourth-order valence-corrected chi connectivity index (χ4v) is 4.21. The Hall–Kier alpha value is -2.35. The van der Waals surface area contributed by atoms with Crippen LogP contribution in [-0.2, 0) is 14.3 Å². The Balaban J connectivity index is 0.000000339. The van der Waals surface area contributed by atoms with E-state index in [0.717, 1.165) is 51.5 Å². The maximum atomic E-state index is 10.6. The molecule has 0 radical (unpaired) electrons. The van der Waals surface area contributed by atoms with E-state index >= 15 is 0 Å². The number of rotatable bonds is 4. The molecule has 3 heterocycles. The summed E-state index contributed by atoms with van der Waals surface area (Å²) in [5.74, 6) is -0.984. The molecule has 3 aliphatic heterocycles. The van der Waals surface area contributed by atoms with Gasteiger partial charge in [-0.15, -0.1) is 0 Å². The quantitative estimate of drug-likeness (QED) is 0.767. The van der Waals surface area contributed by atoms with Crippen molar-refractivity contribution in [1.82, 2.24) is 4.90 Å². The summed E-state index contributed by atoms with van der Waals surface area (Å²) in [5, 5.41) is 16.1. The SMILES string of the molecule is N#Cc1cccc(OC[C@H]2CO[C@@H]3CN(C4CCOCC4)C[C@H]23)c1.O=C(O)C(F)(F)F. The first-order valence-electron chi connectivity index (χ1n) is 10.1. The summed E-state index contributed by atoms with van der Waals surface area (Å²) in [6, 6.07) is 10.2. The molecule has 10 heteroatoms. The van der Waals surface area contributed by atoms with Gasteiger partial charge < -0.3 is 19.3 Å². The molecule has 0 spiro atoms. The molecular formula is C21H25F3N2O5. The van der Waals surface area contributed by atoms with Crippen LogP contribution in [0, 0.1) is 23.2 Å². The van der Waals surface area contributed by atoms with Crippen LogP contribution in [0.4, 0.5) is 13.2 Å². The maximum Gasteiger partial charge on any atom is 0.490 e. The smallest absolute Gasteiger partial charge is 0.490 e. The van der Waals surface area contributed by atoms with Crippen LogP contribution in [-0.4, -0.2) is 73.8 Å². The molecule has 0 saturated carbocycles. The van der Waals surface area contributed by atoms with Crippen molar-refractivity contribution in [2.75, 3.05) is 39.5 Å². The second-order valence-corrected chi connectivity index (χ2v) is 7.85. The number of likely N-dealkylation sites (tertiary alicyclic amines) is 1. The number of halogens is 3. The maximum absolute atomic E-state index is 10.6. The average Bonchev–Trinajstić information content (AvgIpc) is 3.34. The van der Waals surface area contributed by atoms with Crippen LogP contribution in [0.15, 0.2) is 24.3 Å². The van der Waals surface area contributed by atoms with Crippen LogP contribution in [0.1, 0.15) is 18.4 Å². The van der Waals surface area contributed by atoms with Gasteiger partial charge in [-0.1, -0.05) is 6.07 Å². The Labute approximate surface area is 178 Å². The van der Waals surface area contributed by atoms with E-state index in [2.05, 4.69) is 11.0 Å². The fourth-order valence-electron chi connectivity index (χ4n) is 4.21. The van der Waals surface area contributed by atoms with Crippen molar-refractivity contribution in [1.29, 1.82) is 5.26 Å². The summed E-state index contributed by atoms with van der Waals surface area (Å²) in [6.45, 7) is 5.39. The molecule has 1 N–H and O–H groups in total. The standard InChI is InChI=1S/C19H24N2O3.C2HF3O2/c20-9-14-2-1-3-17(8-14)23-12-15-13-24-19-11-21(10-18(15)19)16-4-6-22-7-5-16;3-2(4,5)1(6)7/h1-3,8,15-16,18-19H,4-7,10-13H2;(H,6,7)/t15-,18+,19+;/m0./s1. The molecule has 3 saturated heterocycles. The van der Waals surface area contributed by atoms with Gasteiger partial charge in [-0.3, -0.25) is 4.90 Å². The number of carbonyl (C=O) groups is 1. The molecule has 1 aromatic rings. The number of alkyl halides is 3. The van der Waals surface area contributed by atoms with Crippen molar-refractivity contribution < 1.29 is 37.3 Å². The van der Waals surface area contributed by atoms with Gasteiger partial charge in [0.2, 0.25) is 0 Å². The molecule has 0 aliphatic carbocycles. The molecule has 7 nitrogen and oxygen atoms in total. The lowest BCUT2D eigenvalue weighted by molar-refractivity contribution is -0.192. The van der Waals surface area contributed by atoms with Gasteiger partial charge in [-0.25, -0.2) is 4.79 Å². The zero-order chi connectivity index (χ0) is 22.4. The number of nitrogens with zero attached hydrogens (tertiary/aromatic N) is 2. The molecule has 0 bridgehead atoms. The Morgan fingerprint density at radius 2 is 2.00 bits per heavy atom. The zero-order valence-electron chi connectivity index (χ0n) is 16.9. The summed E-state index contributed by atoms with van der Waals surface area (Å²) >= 11 is 0. The van der Waals surface area contributed by atoms with Crippen molar-refractivity contribution in [2.24, 2.45) is 11.8 Å². The third-order valence-electron chi connectivity index (χ3n) is 5.84. The van der Waals surface area contributed by atoms with Crippen LogP contribution in [0.2, 0.25) is 0 Å². The number of benzene rings is 1. The van der Waals surface area contributed by atoms with Crippen molar-refractivity contribution in [3.8, 4) is 11.8 Å². The van der Waals surface area contributed by atoms with E-state index in [-0.39, 0.29) is 0 Å². The summed E-state index contributed by atoms with van der Waals surface area (Å²) in [6.07, 6.45) is -2.45. The van der Waals surface area contributed by atoms with Crippen LogP contribution in [0.5, 0.6) is 5.75 Å². The number of hydrogen-bond acceptors (Lipinski definition) is 6. The minimum Gasteiger partial charge on any atom is -0.493 e. The van der Waals surface area contributed by atoms with E-state index < -0.39 is 12.1 Å². The molecule has 31 heavy (non-hydrogen) atoms. The molecular weight excluding hydrogens is 417 g/mol. The minimum absolute atomic E-state index is 0.354. The highest BCUT2D eigenvalue weighted by atomic mass is 19.4. The Bertz CT molecular complexity index is 792. The van der Waals surface area contributed by atoms with Crippen LogP contribution < -0.4 is 4.74 Å². The van der Waals surface area contributed by atoms with Gasteiger partial charge in [-0.2, -0.15) is 18.4 Å². The lowest BCUT2D eigenvalue weighted by atomic mass is 9.94. The highest BCUT2D eigenvalue weighted by molar-refractivity contribution is 5.73. The first kappa shape index (κ1) is 23.3. The normalized spacial score (nSPS) is 26.5. The van der Waals surface area contributed by atoms with Crippen molar-refractivity contribution in [3.63, 3.8) is 0 Å². The summed E-state index contributed by atoms with van der Waals surface area (Å²) in [7, 11) is 0.